The van der Waals surface area contributed by atoms with Crippen molar-refractivity contribution in [2.45, 2.75) is 63.5 Å². The summed E-state index contributed by atoms with van der Waals surface area (Å²) in [6, 6.07) is 0.495. The molecule has 0 aromatic rings. The number of aliphatic hydroxyl groups is 1. The average Bonchev–Trinajstić information content (AvgIpc) is 3.12. The van der Waals surface area contributed by atoms with E-state index in [2.05, 4.69) is 4.90 Å². The minimum atomic E-state index is -0.0359. The summed E-state index contributed by atoms with van der Waals surface area (Å²) in [5.74, 6) is 1.93. The van der Waals surface area contributed by atoms with Crippen molar-refractivity contribution >= 4 is 0 Å². The Morgan fingerprint density at radius 2 is 1.38 bits per heavy atom. The second kappa shape index (κ2) is 4.66. The molecule has 3 rings (SSSR count). The molecule has 0 radical (unpaired) electrons. The molecule has 0 spiro atoms. The van der Waals surface area contributed by atoms with Crippen molar-refractivity contribution in [2.24, 2.45) is 11.8 Å². The third-order valence-corrected chi connectivity index (χ3v) is 4.54. The topological polar surface area (TPSA) is 23.5 Å². The first-order valence-electron chi connectivity index (χ1n) is 7.25. The van der Waals surface area contributed by atoms with Crippen LogP contribution in [0.4, 0.5) is 0 Å². The first kappa shape index (κ1) is 11.0. The maximum Gasteiger partial charge on any atom is 0.0695 e. The van der Waals surface area contributed by atoms with Crippen LogP contribution in [-0.2, 0) is 0 Å². The van der Waals surface area contributed by atoms with Gasteiger partial charge in [0.05, 0.1) is 6.10 Å². The summed E-state index contributed by atoms with van der Waals surface area (Å²) in [7, 11) is 0. The number of rotatable bonds is 5. The van der Waals surface area contributed by atoms with Gasteiger partial charge >= 0.3 is 0 Å². The van der Waals surface area contributed by atoms with Gasteiger partial charge in [-0.15, -0.1) is 0 Å². The molecule has 1 N–H and O–H groups in total. The van der Waals surface area contributed by atoms with E-state index < -0.39 is 0 Å². The zero-order valence-electron chi connectivity index (χ0n) is 10.3. The molecule has 0 aliphatic heterocycles. The van der Waals surface area contributed by atoms with Crippen LogP contribution in [0, 0.1) is 11.8 Å². The van der Waals surface area contributed by atoms with Gasteiger partial charge in [0.25, 0.3) is 0 Å². The van der Waals surface area contributed by atoms with E-state index in [0.29, 0.717) is 6.04 Å². The van der Waals surface area contributed by atoms with E-state index in [1.54, 1.807) is 0 Å². The summed E-state index contributed by atoms with van der Waals surface area (Å²) in [6.07, 6.45) is 10.5. The normalized spacial score (nSPS) is 35.6. The van der Waals surface area contributed by atoms with Crippen LogP contribution >= 0.6 is 0 Å². The molecular formula is C14H25NO. The lowest BCUT2D eigenvalue weighted by atomic mass is 9.91. The van der Waals surface area contributed by atoms with Gasteiger partial charge in [0, 0.05) is 19.1 Å². The summed E-state index contributed by atoms with van der Waals surface area (Å²) >= 11 is 0. The lowest BCUT2D eigenvalue weighted by Crippen LogP contribution is -2.47. The predicted octanol–water partition coefficient (Wildman–Crippen LogP) is 2.41. The molecule has 0 aromatic carbocycles. The van der Waals surface area contributed by atoms with Crippen molar-refractivity contribution in [3.63, 3.8) is 0 Å². The van der Waals surface area contributed by atoms with Gasteiger partial charge in [-0.2, -0.15) is 0 Å². The van der Waals surface area contributed by atoms with Gasteiger partial charge < -0.3 is 5.11 Å². The molecule has 92 valence electrons. The molecule has 3 fully saturated rings. The average molecular weight is 223 g/mol. The molecule has 16 heavy (non-hydrogen) atoms. The van der Waals surface area contributed by atoms with Gasteiger partial charge in [0.15, 0.2) is 0 Å². The molecule has 2 nitrogen and oxygen atoms in total. The van der Waals surface area contributed by atoms with Crippen LogP contribution in [0.1, 0.15) is 51.4 Å². The van der Waals surface area contributed by atoms with Crippen LogP contribution in [-0.4, -0.2) is 35.2 Å². The van der Waals surface area contributed by atoms with Crippen molar-refractivity contribution in [3.8, 4) is 0 Å². The fourth-order valence-electron chi connectivity index (χ4n) is 3.13. The number of aliphatic hydroxyl groups excluding tert-OH is 1. The first-order valence-corrected chi connectivity index (χ1v) is 7.25. The summed E-state index contributed by atoms with van der Waals surface area (Å²) in [4.78, 5) is 2.65. The first-order chi connectivity index (χ1) is 7.83. The molecule has 2 heteroatoms. The van der Waals surface area contributed by atoms with Crippen LogP contribution in [0.2, 0.25) is 0 Å². The Balaban J connectivity index is 1.59. The van der Waals surface area contributed by atoms with Gasteiger partial charge in [-0.05, 0) is 50.4 Å². The standard InChI is InChI=1S/C14H25NO/c16-14-4-2-1-3-13(14)15(9-11-5-6-11)10-12-7-8-12/h11-14,16H,1-10H2/t13-,14-/m1/s1. The largest absolute Gasteiger partial charge is 0.391 e. The van der Waals surface area contributed by atoms with Gasteiger partial charge in [-0.3, -0.25) is 4.90 Å². The highest BCUT2D eigenvalue weighted by molar-refractivity contribution is 4.89. The van der Waals surface area contributed by atoms with Crippen LogP contribution in [0.15, 0.2) is 0 Å². The van der Waals surface area contributed by atoms with E-state index in [1.807, 2.05) is 0 Å². The van der Waals surface area contributed by atoms with Crippen molar-refractivity contribution in [2.75, 3.05) is 13.1 Å². The Labute approximate surface area is 99.0 Å². The van der Waals surface area contributed by atoms with Crippen LogP contribution < -0.4 is 0 Å². The quantitative estimate of drug-likeness (QED) is 0.773. The van der Waals surface area contributed by atoms with Crippen LogP contribution in [0.25, 0.3) is 0 Å². The summed E-state index contributed by atoms with van der Waals surface area (Å²) in [6.45, 7) is 2.55. The van der Waals surface area contributed by atoms with E-state index in [0.717, 1.165) is 18.3 Å². The fraction of sp³-hybridized carbons (Fsp3) is 1.00. The monoisotopic (exact) mass is 223 g/mol. The van der Waals surface area contributed by atoms with Crippen LogP contribution in [0.5, 0.6) is 0 Å². The molecule has 0 heterocycles. The molecule has 0 amide bonds. The molecule has 0 saturated heterocycles. The lowest BCUT2D eigenvalue weighted by molar-refractivity contribution is 0.0153. The van der Waals surface area contributed by atoms with Crippen molar-refractivity contribution in [1.82, 2.24) is 4.90 Å². The number of hydrogen-bond acceptors (Lipinski definition) is 2. The summed E-state index contributed by atoms with van der Waals surface area (Å²) < 4.78 is 0. The minimum absolute atomic E-state index is 0.0359. The molecule has 3 aliphatic carbocycles. The Hall–Kier alpha value is -0.0800. The Bertz CT molecular complexity index is 221. The highest BCUT2D eigenvalue weighted by Crippen LogP contribution is 2.36. The Kier molecular flexibility index (Phi) is 3.21. The third kappa shape index (κ3) is 2.78. The van der Waals surface area contributed by atoms with Gasteiger partial charge in [-0.1, -0.05) is 12.8 Å². The molecule has 0 bridgehead atoms. The van der Waals surface area contributed by atoms with Crippen molar-refractivity contribution < 1.29 is 5.11 Å². The molecule has 3 saturated carbocycles. The minimum Gasteiger partial charge on any atom is -0.391 e. The van der Waals surface area contributed by atoms with Gasteiger partial charge in [0.2, 0.25) is 0 Å². The Morgan fingerprint density at radius 3 is 1.88 bits per heavy atom. The molecular weight excluding hydrogens is 198 g/mol. The highest BCUT2D eigenvalue weighted by Gasteiger charge is 2.35. The summed E-state index contributed by atoms with van der Waals surface area (Å²) in [5.41, 5.74) is 0. The van der Waals surface area contributed by atoms with Gasteiger partial charge in [-0.25, -0.2) is 0 Å². The Morgan fingerprint density at radius 1 is 0.812 bits per heavy atom. The zero-order chi connectivity index (χ0) is 11.0. The van der Waals surface area contributed by atoms with E-state index in [4.69, 9.17) is 0 Å². The van der Waals surface area contributed by atoms with Gasteiger partial charge in [0.1, 0.15) is 0 Å². The van der Waals surface area contributed by atoms with Crippen molar-refractivity contribution in [3.05, 3.63) is 0 Å². The van der Waals surface area contributed by atoms with E-state index >= 15 is 0 Å². The molecule has 3 aliphatic rings. The van der Waals surface area contributed by atoms with Crippen LogP contribution in [0.3, 0.4) is 0 Å². The number of hydrogen-bond donors (Lipinski definition) is 1. The SMILES string of the molecule is O[C@@H]1CCCC[C@H]1N(CC1CC1)CC1CC1. The van der Waals surface area contributed by atoms with E-state index in [-0.39, 0.29) is 6.10 Å². The lowest BCUT2D eigenvalue weighted by Gasteiger charge is -2.38. The predicted molar refractivity (Wildman–Crippen MR) is 65.3 cm³/mol. The maximum atomic E-state index is 10.2. The van der Waals surface area contributed by atoms with E-state index in [1.165, 1.54) is 58.0 Å². The fourth-order valence-corrected chi connectivity index (χ4v) is 3.13. The molecule has 0 aromatic heterocycles. The number of nitrogens with zero attached hydrogens (tertiary/aromatic N) is 1. The summed E-state index contributed by atoms with van der Waals surface area (Å²) in [5, 5.41) is 10.2. The second-order valence-electron chi connectivity index (χ2n) is 6.26. The second-order valence-corrected chi connectivity index (χ2v) is 6.26. The third-order valence-electron chi connectivity index (χ3n) is 4.54. The van der Waals surface area contributed by atoms with E-state index in [9.17, 15) is 5.11 Å². The smallest absolute Gasteiger partial charge is 0.0695 e. The molecule has 2 atom stereocenters. The zero-order valence-corrected chi connectivity index (χ0v) is 10.3. The molecule has 0 unspecified atom stereocenters. The maximum absolute atomic E-state index is 10.2. The van der Waals surface area contributed by atoms with Crippen molar-refractivity contribution in [1.29, 1.82) is 0 Å². The highest BCUT2D eigenvalue weighted by atomic mass is 16.3.